The Morgan fingerprint density at radius 1 is 1.17 bits per heavy atom. The third-order valence-corrected chi connectivity index (χ3v) is 6.19. The average molecular weight is 417 g/mol. The summed E-state index contributed by atoms with van der Waals surface area (Å²) < 4.78 is 36.7. The number of furan rings is 1. The highest BCUT2D eigenvalue weighted by atomic mass is 32.2. The number of piperazine rings is 1. The maximum Gasteiger partial charge on any atom is 0.374 e. The fraction of sp³-hybridized carbons (Fsp3) is 0.316. The second-order valence-corrected chi connectivity index (χ2v) is 8.10. The van der Waals surface area contributed by atoms with Crippen molar-refractivity contribution in [1.82, 2.24) is 9.21 Å². The number of carbonyl (C=O) groups excluding carboxylic acids is 2. The van der Waals surface area contributed by atoms with Crippen molar-refractivity contribution < 1.29 is 27.2 Å². The van der Waals surface area contributed by atoms with Gasteiger partial charge < -0.3 is 14.1 Å². The van der Waals surface area contributed by atoms with E-state index in [1.165, 1.54) is 27.4 Å². The van der Waals surface area contributed by atoms with Gasteiger partial charge in [-0.05, 0) is 37.3 Å². The molecule has 2 heterocycles. The number of esters is 1. The smallest absolute Gasteiger partial charge is 0.374 e. The Bertz CT molecular complexity index is 1060. The van der Waals surface area contributed by atoms with E-state index in [0.29, 0.717) is 11.1 Å². The highest BCUT2D eigenvalue weighted by Gasteiger charge is 2.33. The van der Waals surface area contributed by atoms with Crippen LogP contribution in [0.4, 0.5) is 0 Å². The van der Waals surface area contributed by atoms with Crippen LogP contribution in [-0.4, -0.2) is 62.3 Å². The van der Waals surface area contributed by atoms with Gasteiger partial charge >= 0.3 is 5.97 Å². The molecule has 1 aromatic heterocycles. The lowest BCUT2D eigenvalue weighted by Crippen LogP contribution is -2.50. The zero-order chi connectivity index (χ0) is 21.0. The summed E-state index contributed by atoms with van der Waals surface area (Å²) in [6, 6.07) is 10.8. The first-order valence-corrected chi connectivity index (χ1v) is 10.4. The molecule has 0 spiro atoms. The molecule has 3 rings (SSSR count). The second-order valence-electron chi connectivity index (χ2n) is 6.23. The predicted molar refractivity (Wildman–Crippen MR) is 100 cm³/mol. The fourth-order valence-corrected chi connectivity index (χ4v) is 4.27. The molecule has 0 bridgehead atoms. The molecule has 9 nitrogen and oxygen atoms in total. The lowest BCUT2D eigenvalue weighted by molar-refractivity contribution is 0.0483. The van der Waals surface area contributed by atoms with Crippen molar-refractivity contribution in [1.29, 1.82) is 5.26 Å². The van der Waals surface area contributed by atoms with Crippen molar-refractivity contribution in [2.75, 3.05) is 32.8 Å². The van der Waals surface area contributed by atoms with Crippen LogP contribution in [0.25, 0.3) is 0 Å². The Labute approximate surface area is 168 Å². The molecule has 10 heteroatoms. The zero-order valence-corrected chi connectivity index (χ0v) is 16.5. The molecule has 29 heavy (non-hydrogen) atoms. The van der Waals surface area contributed by atoms with Gasteiger partial charge in [0.05, 0.1) is 18.2 Å². The summed E-state index contributed by atoms with van der Waals surface area (Å²) in [5.74, 6) is -1.18. The molecule has 2 aromatic rings. The molecule has 1 aromatic carbocycles. The summed E-state index contributed by atoms with van der Waals surface area (Å²) in [6.07, 6.45) is 0. The maximum atomic E-state index is 12.8. The highest BCUT2D eigenvalue weighted by Crippen LogP contribution is 2.21. The van der Waals surface area contributed by atoms with Gasteiger partial charge in [0.1, 0.15) is 0 Å². The molecule has 0 radical (unpaired) electrons. The molecule has 1 fully saturated rings. The zero-order valence-electron chi connectivity index (χ0n) is 15.7. The number of hydrogen-bond donors (Lipinski definition) is 0. The Hall–Kier alpha value is -3.16. The summed E-state index contributed by atoms with van der Waals surface area (Å²) in [7, 11) is -3.94. The van der Waals surface area contributed by atoms with Crippen LogP contribution in [0, 0.1) is 11.3 Å². The Kier molecular flexibility index (Phi) is 6.00. The van der Waals surface area contributed by atoms with E-state index in [9.17, 15) is 18.0 Å². The van der Waals surface area contributed by atoms with E-state index in [2.05, 4.69) is 0 Å². The van der Waals surface area contributed by atoms with E-state index in [-0.39, 0.29) is 49.5 Å². The second kappa shape index (κ2) is 8.46. The van der Waals surface area contributed by atoms with E-state index < -0.39 is 16.0 Å². The van der Waals surface area contributed by atoms with Crippen LogP contribution in [0.3, 0.4) is 0 Å². The standard InChI is InChI=1S/C19H19N3O6S/c1-2-27-19(24)16-6-7-17(28-16)29(25,26)22-10-8-21(9-11-22)18(23)15-5-3-4-14(12-15)13-20/h3-7,12H,2,8-11H2,1H3. The van der Waals surface area contributed by atoms with Gasteiger partial charge in [-0.1, -0.05) is 6.07 Å². The van der Waals surface area contributed by atoms with Crippen molar-refractivity contribution in [2.24, 2.45) is 0 Å². The van der Waals surface area contributed by atoms with Crippen molar-refractivity contribution in [3.8, 4) is 6.07 Å². The van der Waals surface area contributed by atoms with Gasteiger partial charge in [-0.2, -0.15) is 9.57 Å². The summed E-state index contributed by atoms with van der Waals surface area (Å²) in [4.78, 5) is 25.8. The molecule has 1 aliphatic heterocycles. The molecular formula is C19H19N3O6S. The number of ether oxygens (including phenoxy) is 1. The fourth-order valence-electron chi connectivity index (χ4n) is 2.93. The molecule has 0 N–H and O–H groups in total. The van der Waals surface area contributed by atoms with Crippen LogP contribution in [0.15, 0.2) is 45.9 Å². The Balaban J connectivity index is 1.67. The first-order chi connectivity index (χ1) is 13.9. The molecule has 1 saturated heterocycles. The minimum Gasteiger partial charge on any atom is -0.460 e. The van der Waals surface area contributed by atoms with Gasteiger partial charge in [-0.15, -0.1) is 0 Å². The summed E-state index contributed by atoms with van der Waals surface area (Å²) >= 11 is 0. The number of carbonyl (C=O) groups is 2. The number of amides is 1. The van der Waals surface area contributed by atoms with Crippen LogP contribution < -0.4 is 0 Å². The summed E-state index contributed by atoms with van der Waals surface area (Å²) in [6.45, 7) is 2.34. The van der Waals surface area contributed by atoms with Crippen LogP contribution in [0.2, 0.25) is 0 Å². The van der Waals surface area contributed by atoms with Crippen molar-refractivity contribution in [3.05, 3.63) is 53.3 Å². The SMILES string of the molecule is CCOC(=O)c1ccc(S(=O)(=O)N2CCN(C(=O)c3cccc(C#N)c3)CC2)o1. The van der Waals surface area contributed by atoms with Gasteiger partial charge in [0.15, 0.2) is 0 Å². The monoisotopic (exact) mass is 417 g/mol. The van der Waals surface area contributed by atoms with E-state index >= 15 is 0 Å². The lowest BCUT2D eigenvalue weighted by atomic mass is 10.1. The van der Waals surface area contributed by atoms with Gasteiger partial charge in [-0.25, -0.2) is 13.2 Å². The highest BCUT2D eigenvalue weighted by molar-refractivity contribution is 7.89. The van der Waals surface area contributed by atoms with Crippen LogP contribution >= 0.6 is 0 Å². The van der Waals surface area contributed by atoms with Gasteiger partial charge in [0.25, 0.3) is 15.9 Å². The first kappa shape index (κ1) is 20.6. The topological polar surface area (TPSA) is 121 Å². The first-order valence-electron chi connectivity index (χ1n) is 8.93. The minimum absolute atomic E-state index is 0.0848. The maximum absolute atomic E-state index is 12.8. The van der Waals surface area contributed by atoms with Gasteiger partial charge in [-0.3, -0.25) is 4.79 Å². The van der Waals surface area contributed by atoms with Crippen LogP contribution in [0.5, 0.6) is 0 Å². The van der Waals surface area contributed by atoms with Crippen molar-refractivity contribution in [2.45, 2.75) is 12.0 Å². The van der Waals surface area contributed by atoms with Crippen molar-refractivity contribution >= 4 is 21.9 Å². The van der Waals surface area contributed by atoms with E-state index in [4.69, 9.17) is 14.4 Å². The predicted octanol–water partition coefficient (Wildman–Crippen LogP) is 1.47. The van der Waals surface area contributed by atoms with Gasteiger partial charge in [0, 0.05) is 31.7 Å². The number of rotatable bonds is 5. The molecule has 0 atom stereocenters. The van der Waals surface area contributed by atoms with Crippen molar-refractivity contribution in [3.63, 3.8) is 0 Å². The summed E-state index contributed by atoms with van der Waals surface area (Å²) in [5.41, 5.74) is 0.762. The Morgan fingerprint density at radius 3 is 2.55 bits per heavy atom. The number of benzene rings is 1. The lowest BCUT2D eigenvalue weighted by Gasteiger charge is -2.33. The largest absolute Gasteiger partial charge is 0.460 e. The molecule has 152 valence electrons. The van der Waals surface area contributed by atoms with E-state index in [1.807, 2.05) is 6.07 Å². The normalized spacial score (nSPS) is 15.0. The van der Waals surface area contributed by atoms with E-state index in [1.54, 1.807) is 25.1 Å². The quantitative estimate of drug-likeness (QED) is 0.676. The van der Waals surface area contributed by atoms with Gasteiger partial charge in [0.2, 0.25) is 10.9 Å². The molecule has 1 amide bonds. The molecular weight excluding hydrogens is 398 g/mol. The number of hydrogen-bond acceptors (Lipinski definition) is 7. The molecule has 0 aliphatic carbocycles. The van der Waals surface area contributed by atoms with Crippen LogP contribution in [0.1, 0.15) is 33.4 Å². The summed E-state index contributed by atoms with van der Waals surface area (Å²) in [5, 5.41) is 8.62. The Morgan fingerprint density at radius 2 is 1.90 bits per heavy atom. The third-order valence-electron chi connectivity index (χ3n) is 4.42. The average Bonchev–Trinajstić information content (AvgIpc) is 3.25. The van der Waals surface area contributed by atoms with E-state index in [0.717, 1.165) is 0 Å². The number of nitrogens with zero attached hydrogens (tertiary/aromatic N) is 3. The minimum atomic E-state index is -3.94. The third kappa shape index (κ3) is 4.31. The van der Waals surface area contributed by atoms with Crippen LogP contribution in [-0.2, 0) is 14.8 Å². The number of nitriles is 1. The molecule has 0 unspecified atom stereocenters. The molecule has 1 aliphatic rings. The molecule has 0 saturated carbocycles. The number of sulfonamides is 1.